The maximum atomic E-state index is 12.0. The normalized spacial score (nSPS) is 21.2. The molecule has 1 N–H and O–H groups in total. The minimum Gasteiger partial charge on any atom is -0.299 e. The largest absolute Gasteiger partial charge is 0.299 e. The molecule has 0 aromatic heterocycles. The minimum atomic E-state index is -0.372. The number of imide groups is 1. The van der Waals surface area contributed by atoms with Crippen LogP contribution in [-0.4, -0.2) is 29.8 Å². The first-order valence-electron chi connectivity index (χ1n) is 6.42. The smallest absolute Gasteiger partial charge is 0.246 e. The van der Waals surface area contributed by atoms with Gasteiger partial charge in [-0.2, -0.15) is 0 Å². The highest BCUT2D eigenvalue weighted by Gasteiger charge is 2.32. The van der Waals surface area contributed by atoms with Gasteiger partial charge in [-0.05, 0) is 25.0 Å². The molecule has 1 heterocycles. The number of amides is 2. The Bertz CT molecular complexity index is 548. The molecular formula is C14H16Cl2N2O2. The molecule has 108 valence electrons. The van der Waals surface area contributed by atoms with Gasteiger partial charge in [0.2, 0.25) is 11.8 Å². The van der Waals surface area contributed by atoms with Crippen LogP contribution in [0.25, 0.3) is 0 Å². The third-order valence-corrected chi connectivity index (χ3v) is 4.38. The van der Waals surface area contributed by atoms with Crippen LogP contribution in [0.4, 0.5) is 0 Å². The highest BCUT2D eigenvalue weighted by atomic mass is 35.5. The number of nitrogens with zero attached hydrogens (tertiary/aromatic N) is 1. The fourth-order valence-electron chi connectivity index (χ4n) is 2.32. The third-order valence-electron chi connectivity index (χ3n) is 3.55. The summed E-state index contributed by atoms with van der Waals surface area (Å²) in [6.45, 7) is 1.92. The molecule has 0 aliphatic carbocycles. The number of hydrogen-bond acceptors (Lipinski definition) is 3. The summed E-state index contributed by atoms with van der Waals surface area (Å²) in [6, 6.07) is 4.91. The van der Waals surface area contributed by atoms with Crippen molar-refractivity contribution in [3.63, 3.8) is 0 Å². The first-order chi connectivity index (χ1) is 9.41. The molecule has 2 amide bonds. The van der Waals surface area contributed by atoms with Crippen molar-refractivity contribution in [2.45, 2.75) is 31.8 Å². The molecule has 0 radical (unpaired) electrons. The van der Waals surface area contributed by atoms with E-state index in [1.807, 2.05) is 19.1 Å². The predicted molar refractivity (Wildman–Crippen MR) is 78.8 cm³/mol. The number of likely N-dealkylation sites (N-methyl/N-ethyl adjacent to an activating group) is 1. The number of rotatable bonds is 3. The van der Waals surface area contributed by atoms with Crippen LogP contribution in [0.1, 0.15) is 31.4 Å². The summed E-state index contributed by atoms with van der Waals surface area (Å²) in [5, 5.41) is 4.19. The van der Waals surface area contributed by atoms with Crippen molar-refractivity contribution in [1.82, 2.24) is 10.2 Å². The van der Waals surface area contributed by atoms with Crippen molar-refractivity contribution in [2.24, 2.45) is 0 Å². The Balaban J connectivity index is 2.12. The Morgan fingerprint density at radius 3 is 2.75 bits per heavy atom. The van der Waals surface area contributed by atoms with E-state index in [0.717, 1.165) is 5.56 Å². The van der Waals surface area contributed by atoms with Gasteiger partial charge in [-0.25, -0.2) is 0 Å². The van der Waals surface area contributed by atoms with Gasteiger partial charge < -0.3 is 0 Å². The number of piperidine rings is 1. The van der Waals surface area contributed by atoms with E-state index in [4.69, 9.17) is 23.2 Å². The van der Waals surface area contributed by atoms with Crippen molar-refractivity contribution in [1.29, 1.82) is 0 Å². The first kappa shape index (κ1) is 15.3. The lowest BCUT2D eigenvalue weighted by atomic mass is 10.0. The van der Waals surface area contributed by atoms with E-state index >= 15 is 0 Å². The molecule has 1 aromatic rings. The number of likely N-dealkylation sites (tertiary alicyclic amines) is 1. The molecule has 0 bridgehead atoms. The zero-order valence-electron chi connectivity index (χ0n) is 11.3. The Labute approximate surface area is 128 Å². The number of hydrogen-bond donors (Lipinski definition) is 1. The standard InChI is InChI=1S/C14H16Cl2N2O2/c1-8(9-4-3-5-10(15)13(9)16)17-11-6-7-12(19)18(2)14(11)20/h3-5,8,11,17H,6-7H2,1-2H3. The monoisotopic (exact) mass is 314 g/mol. The summed E-state index contributed by atoms with van der Waals surface area (Å²) in [4.78, 5) is 24.7. The van der Waals surface area contributed by atoms with Crippen LogP contribution in [0.2, 0.25) is 10.0 Å². The summed E-state index contributed by atoms with van der Waals surface area (Å²) >= 11 is 12.2. The molecule has 20 heavy (non-hydrogen) atoms. The van der Waals surface area contributed by atoms with E-state index in [0.29, 0.717) is 22.9 Å². The van der Waals surface area contributed by atoms with E-state index in [-0.39, 0.29) is 23.9 Å². The van der Waals surface area contributed by atoms with Crippen LogP contribution in [0.3, 0.4) is 0 Å². The third kappa shape index (κ3) is 2.97. The molecule has 2 unspecified atom stereocenters. The highest BCUT2D eigenvalue weighted by molar-refractivity contribution is 6.42. The molecule has 1 aliphatic rings. The lowest BCUT2D eigenvalue weighted by Crippen LogP contribution is -2.51. The number of carbonyl (C=O) groups is 2. The van der Waals surface area contributed by atoms with Gasteiger partial charge >= 0.3 is 0 Å². The number of carbonyl (C=O) groups excluding carboxylic acids is 2. The van der Waals surface area contributed by atoms with Gasteiger partial charge in [0.05, 0.1) is 16.1 Å². The maximum Gasteiger partial charge on any atom is 0.246 e. The highest BCUT2D eigenvalue weighted by Crippen LogP contribution is 2.30. The fourth-order valence-corrected chi connectivity index (χ4v) is 2.79. The van der Waals surface area contributed by atoms with Crippen molar-refractivity contribution in [2.75, 3.05) is 7.05 Å². The molecule has 1 saturated heterocycles. The molecule has 1 aliphatic heterocycles. The van der Waals surface area contributed by atoms with E-state index < -0.39 is 0 Å². The summed E-state index contributed by atoms with van der Waals surface area (Å²) in [7, 11) is 1.51. The molecule has 1 fully saturated rings. The van der Waals surface area contributed by atoms with Gasteiger partial charge in [0.15, 0.2) is 0 Å². The second kappa shape index (κ2) is 6.12. The van der Waals surface area contributed by atoms with Crippen LogP contribution >= 0.6 is 23.2 Å². The average molecular weight is 315 g/mol. The van der Waals surface area contributed by atoms with Crippen LogP contribution in [0.5, 0.6) is 0 Å². The SMILES string of the molecule is CC(NC1CCC(=O)N(C)C1=O)c1cccc(Cl)c1Cl. The predicted octanol–water partition coefficient (Wildman–Crippen LogP) is 2.79. The van der Waals surface area contributed by atoms with Gasteiger partial charge in [-0.15, -0.1) is 0 Å². The van der Waals surface area contributed by atoms with Crippen molar-refractivity contribution >= 4 is 35.0 Å². The fraction of sp³-hybridized carbons (Fsp3) is 0.429. The Kier molecular flexibility index (Phi) is 4.68. The van der Waals surface area contributed by atoms with Gasteiger partial charge in [-0.1, -0.05) is 35.3 Å². The molecule has 0 spiro atoms. The van der Waals surface area contributed by atoms with E-state index in [2.05, 4.69) is 5.32 Å². The van der Waals surface area contributed by atoms with Gasteiger partial charge in [0, 0.05) is 19.5 Å². The van der Waals surface area contributed by atoms with Gasteiger partial charge in [-0.3, -0.25) is 19.8 Å². The van der Waals surface area contributed by atoms with E-state index in [9.17, 15) is 9.59 Å². The van der Waals surface area contributed by atoms with Crippen molar-refractivity contribution in [3.05, 3.63) is 33.8 Å². The molecule has 2 rings (SSSR count). The Hall–Kier alpha value is -1.10. The zero-order chi connectivity index (χ0) is 14.9. The maximum absolute atomic E-state index is 12.0. The Morgan fingerprint density at radius 2 is 2.05 bits per heavy atom. The zero-order valence-corrected chi connectivity index (χ0v) is 12.8. The quantitative estimate of drug-likeness (QED) is 0.873. The summed E-state index contributed by atoms with van der Waals surface area (Å²) in [6.07, 6.45) is 0.875. The summed E-state index contributed by atoms with van der Waals surface area (Å²) in [5.74, 6) is -0.340. The molecule has 6 heteroatoms. The van der Waals surface area contributed by atoms with Gasteiger partial charge in [0.25, 0.3) is 0 Å². The van der Waals surface area contributed by atoms with E-state index in [1.54, 1.807) is 6.07 Å². The lowest BCUT2D eigenvalue weighted by Gasteiger charge is -2.30. The van der Waals surface area contributed by atoms with E-state index in [1.165, 1.54) is 11.9 Å². The van der Waals surface area contributed by atoms with Crippen molar-refractivity contribution in [3.8, 4) is 0 Å². The van der Waals surface area contributed by atoms with Crippen LogP contribution in [0.15, 0.2) is 18.2 Å². The minimum absolute atomic E-state index is 0.128. The molecule has 4 nitrogen and oxygen atoms in total. The molecule has 0 saturated carbocycles. The number of halogens is 2. The first-order valence-corrected chi connectivity index (χ1v) is 7.17. The number of benzene rings is 1. The van der Waals surface area contributed by atoms with Crippen LogP contribution < -0.4 is 5.32 Å². The topological polar surface area (TPSA) is 49.4 Å². The van der Waals surface area contributed by atoms with Crippen LogP contribution in [0, 0.1) is 0 Å². The second-order valence-corrected chi connectivity index (χ2v) is 5.70. The molecule has 1 aromatic carbocycles. The average Bonchev–Trinajstić information content (AvgIpc) is 2.42. The second-order valence-electron chi connectivity index (χ2n) is 4.91. The summed E-state index contributed by atoms with van der Waals surface area (Å²) < 4.78 is 0. The lowest BCUT2D eigenvalue weighted by molar-refractivity contribution is -0.148. The molecular weight excluding hydrogens is 299 g/mol. The summed E-state index contributed by atoms with van der Waals surface area (Å²) in [5.41, 5.74) is 0.839. The van der Waals surface area contributed by atoms with Crippen molar-refractivity contribution < 1.29 is 9.59 Å². The van der Waals surface area contributed by atoms with Crippen LogP contribution in [-0.2, 0) is 9.59 Å². The number of nitrogens with one attached hydrogen (secondary N) is 1. The Morgan fingerprint density at radius 1 is 1.35 bits per heavy atom. The molecule has 2 atom stereocenters. The van der Waals surface area contributed by atoms with Gasteiger partial charge in [0.1, 0.15) is 0 Å².